The molecule has 0 atom stereocenters. The molecule has 0 radical (unpaired) electrons. The van der Waals surface area contributed by atoms with E-state index in [0.717, 1.165) is 42.6 Å². The number of piperidine rings is 1. The molecule has 2 heterocycles. The number of rotatable bonds is 2. The van der Waals surface area contributed by atoms with Crippen molar-refractivity contribution in [1.82, 2.24) is 9.97 Å². The van der Waals surface area contributed by atoms with Crippen LogP contribution in [0.15, 0.2) is 23.4 Å². The zero-order valence-electron chi connectivity index (χ0n) is 9.86. The fraction of sp³-hybridized carbons (Fsp3) is 0.500. The lowest BCUT2D eigenvalue weighted by molar-refractivity contribution is 0.672. The van der Waals surface area contributed by atoms with E-state index >= 15 is 0 Å². The van der Waals surface area contributed by atoms with Crippen molar-refractivity contribution in [3.63, 3.8) is 0 Å². The first-order valence-electron chi connectivity index (χ1n) is 5.50. The predicted molar refractivity (Wildman–Crippen MR) is 69.1 cm³/mol. The summed E-state index contributed by atoms with van der Waals surface area (Å²) in [5.41, 5.74) is 2.39. The Labute approximate surface area is 101 Å². The number of aryl methyl sites for hydroxylation is 1. The van der Waals surface area contributed by atoms with Gasteiger partial charge < -0.3 is 4.90 Å². The Morgan fingerprint density at radius 2 is 2.00 bits per heavy atom. The lowest BCUT2D eigenvalue weighted by atomic mass is 10.1. The monoisotopic (exact) mass is 235 g/mol. The molecule has 0 N–H and O–H groups in total. The van der Waals surface area contributed by atoms with Gasteiger partial charge in [0, 0.05) is 24.8 Å². The molecule has 16 heavy (non-hydrogen) atoms. The molecule has 0 saturated carbocycles. The van der Waals surface area contributed by atoms with Gasteiger partial charge in [0.1, 0.15) is 5.82 Å². The summed E-state index contributed by atoms with van der Waals surface area (Å²) in [4.78, 5) is 11.2. The second-order valence-electron chi connectivity index (χ2n) is 4.09. The van der Waals surface area contributed by atoms with Crippen LogP contribution in [0.25, 0.3) is 0 Å². The van der Waals surface area contributed by atoms with Gasteiger partial charge in [0.15, 0.2) is 5.16 Å². The fourth-order valence-corrected chi connectivity index (χ4v) is 2.25. The van der Waals surface area contributed by atoms with Crippen molar-refractivity contribution >= 4 is 17.6 Å². The van der Waals surface area contributed by atoms with Gasteiger partial charge >= 0.3 is 0 Å². The van der Waals surface area contributed by atoms with Crippen LogP contribution in [0.2, 0.25) is 0 Å². The summed E-state index contributed by atoms with van der Waals surface area (Å²) < 4.78 is 0. The Kier molecular flexibility index (Phi) is 3.49. The van der Waals surface area contributed by atoms with Crippen LogP contribution in [0.4, 0.5) is 5.82 Å². The molecule has 0 spiro atoms. The van der Waals surface area contributed by atoms with Gasteiger partial charge in [-0.15, -0.1) is 0 Å². The third-order valence-corrected chi connectivity index (χ3v) is 3.35. The minimum Gasteiger partial charge on any atom is -0.356 e. The maximum atomic E-state index is 4.55. The number of thioether (sulfide) groups is 1. The number of hydrogen-bond acceptors (Lipinski definition) is 4. The Hall–Kier alpha value is -1.03. The lowest BCUT2D eigenvalue weighted by Gasteiger charge is -2.29. The van der Waals surface area contributed by atoms with Gasteiger partial charge in [-0.3, -0.25) is 0 Å². The van der Waals surface area contributed by atoms with Gasteiger partial charge in [0.2, 0.25) is 0 Å². The van der Waals surface area contributed by atoms with E-state index < -0.39 is 0 Å². The summed E-state index contributed by atoms with van der Waals surface area (Å²) in [6, 6.07) is 2.06. The number of aromatic nitrogens is 2. The van der Waals surface area contributed by atoms with E-state index in [2.05, 4.69) is 27.5 Å². The van der Waals surface area contributed by atoms with Crippen molar-refractivity contribution in [2.75, 3.05) is 24.2 Å². The third-order valence-electron chi connectivity index (χ3n) is 2.80. The molecule has 1 aliphatic heterocycles. The highest BCUT2D eigenvalue weighted by atomic mass is 32.2. The predicted octanol–water partition coefficient (Wildman–Crippen LogP) is 2.66. The zero-order chi connectivity index (χ0) is 11.5. The normalized spacial score (nSPS) is 16.6. The van der Waals surface area contributed by atoms with Crippen LogP contribution >= 0.6 is 11.8 Å². The molecule has 1 saturated heterocycles. The van der Waals surface area contributed by atoms with Crippen molar-refractivity contribution in [1.29, 1.82) is 0 Å². The third kappa shape index (κ3) is 2.55. The quantitative estimate of drug-likeness (QED) is 0.448. The molecular weight excluding hydrogens is 218 g/mol. The largest absolute Gasteiger partial charge is 0.356 e. The minimum absolute atomic E-state index is 0.861. The van der Waals surface area contributed by atoms with Gasteiger partial charge in [-0.2, -0.15) is 0 Å². The van der Waals surface area contributed by atoms with E-state index in [9.17, 15) is 0 Å². The van der Waals surface area contributed by atoms with Crippen molar-refractivity contribution in [3.8, 4) is 0 Å². The van der Waals surface area contributed by atoms with Crippen molar-refractivity contribution in [3.05, 3.63) is 23.9 Å². The van der Waals surface area contributed by atoms with E-state index in [1.807, 2.05) is 13.2 Å². The molecular formula is C12H17N3S. The first-order valence-corrected chi connectivity index (χ1v) is 6.73. The highest BCUT2D eigenvalue weighted by Crippen LogP contribution is 2.22. The van der Waals surface area contributed by atoms with Crippen molar-refractivity contribution in [2.24, 2.45) is 0 Å². The molecule has 1 aromatic rings. The van der Waals surface area contributed by atoms with Crippen molar-refractivity contribution in [2.45, 2.75) is 24.9 Å². The molecule has 0 unspecified atom stereocenters. The van der Waals surface area contributed by atoms with Crippen LogP contribution in [0.5, 0.6) is 0 Å². The summed E-state index contributed by atoms with van der Waals surface area (Å²) in [6.45, 7) is 8.11. The van der Waals surface area contributed by atoms with E-state index in [4.69, 9.17) is 0 Å². The van der Waals surface area contributed by atoms with Crippen LogP contribution in [0.1, 0.15) is 18.5 Å². The Morgan fingerprint density at radius 3 is 2.62 bits per heavy atom. The first kappa shape index (κ1) is 11.5. The van der Waals surface area contributed by atoms with Crippen LogP contribution < -0.4 is 4.90 Å². The van der Waals surface area contributed by atoms with Crippen molar-refractivity contribution < 1.29 is 0 Å². The van der Waals surface area contributed by atoms with Crippen LogP contribution in [0.3, 0.4) is 0 Å². The molecule has 4 heteroatoms. The highest BCUT2D eigenvalue weighted by Gasteiger charge is 2.15. The van der Waals surface area contributed by atoms with E-state index in [0.29, 0.717) is 0 Å². The Morgan fingerprint density at radius 1 is 1.31 bits per heavy atom. The average molecular weight is 235 g/mol. The molecule has 1 aliphatic rings. The Bertz CT molecular complexity index is 393. The van der Waals surface area contributed by atoms with Crippen LogP contribution in [-0.4, -0.2) is 29.3 Å². The minimum atomic E-state index is 0.861. The van der Waals surface area contributed by atoms with Crippen LogP contribution in [-0.2, 0) is 0 Å². The molecule has 86 valence electrons. The first-order chi connectivity index (χ1) is 7.69. The second-order valence-corrected chi connectivity index (χ2v) is 4.86. The van der Waals surface area contributed by atoms with Gasteiger partial charge in [0.25, 0.3) is 0 Å². The summed E-state index contributed by atoms with van der Waals surface area (Å²) in [7, 11) is 0. The van der Waals surface area contributed by atoms with Crippen LogP contribution in [0, 0.1) is 6.92 Å². The van der Waals surface area contributed by atoms with Gasteiger partial charge in [0.05, 0.1) is 0 Å². The molecule has 3 nitrogen and oxygen atoms in total. The summed E-state index contributed by atoms with van der Waals surface area (Å²) in [5.74, 6) is 1.06. The molecule has 1 aromatic heterocycles. The van der Waals surface area contributed by atoms with Gasteiger partial charge in [-0.25, -0.2) is 9.97 Å². The smallest absolute Gasteiger partial charge is 0.189 e. The zero-order valence-corrected chi connectivity index (χ0v) is 10.7. The SMILES string of the molecule is C=C1CCN(c2cc(C)nc(SC)n2)CC1. The molecule has 1 fully saturated rings. The molecule has 2 rings (SSSR count). The fourth-order valence-electron chi connectivity index (χ4n) is 1.83. The van der Waals surface area contributed by atoms with Gasteiger partial charge in [-0.1, -0.05) is 23.9 Å². The summed E-state index contributed by atoms with van der Waals surface area (Å²) in [5, 5.41) is 0.861. The second kappa shape index (κ2) is 4.87. The molecule has 0 bridgehead atoms. The molecule has 0 aliphatic carbocycles. The molecule has 0 aromatic carbocycles. The van der Waals surface area contributed by atoms with Gasteiger partial charge in [-0.05, 0) is 26.0 Å². The number of anilines is 1. The lowest BCUT2D eigenvalue weighted by Crippen LogP contribution is -2.31. The average Bonchev–Trinajstić information content (AvgIpc) is 2.29. The molecule has 0 amide bonds. The number of hydrogen-bond donors (Lipinski definition) is 0. The maximum absolute atomic E-state index is 4.55. The van der Waals surface area contributed by atoms with E-state index in [1.165, 1.54) is 5.57 Å². The number of nitrogens with zero attached hydrogens (tertiary/aromatic N) is 3. The summed E-state index contributed by atoms with van der Waals surface area (Å²) in [6.07, 6.45) is 4.17. The standard InChI is InChI=1S/C12H17N3S/c1-9-4-6-15(7-5-9)11-8-10(2)13-12(14-11)16-3/h8H,1,4-7H2,2-3H3. The maximum Gasteiger partial charge on any atom is 0.189 e. The topological polar surface area (TPSA) is 29.0 Å². The Balaban J connectivity index is 2.19. The summed E-state index contributed by atoms with van der Waals surface area (Å²) >= 11 is 1.60. The van der Waals surface area contributed by atoms with E-state index in [1.54, 1.807) is 11.8 Å². The highest BCUT2D eigenvalue weighted by molar-refractivity contribution is 7.98. The van der Waals surface area contributed by atoms with E-state index in [-0.39, 0.29) is 0 Å².